The molecule has 2 aliphatic rings. The lowest BCUT2D eigenvalue weighted by molar-refractivity contribution is -0.00431. The van der Waals surface area contributed by atoms with Crippen molar-refractivity contribution in [3.8, 4) is 5.75 Å². The van der Waals surface area contributed by atoms with Crippen molar-refractivity contribution in [2.45, 2.75) is 50.9 Å². The molecule has 1 N–H and O–H groups in total. The summed E-state index contributed by atoms with van der Waals surface area (Å²) in [6, 6.07) is 4.77. The first-order chi connectivity index (χ1) is 9.78. The van der Waals surface area contributed by atoms with Crippen LogP contribution in [0.3, 0.4) is 0 Å². The minimum atomic E-state index is 0.324. The van der Waals surface area contributed by atoms with Crippen LogP contribution >= 0.6 is 15.9 Å². The molecule has 1 aromatic rings. The third kappa shape index (κ3) is 3.02. The fourth-order valence-corrected chi connectivity index (χ4v) is 3.83. The molecule has 0 radical (unpaired) electrons. The summed E-state index contributed by atoms with van der Waals surface area (Å²) < 4.78 is 13.1. The summed E-state index contributed by atoms with van der Waals surface area (Å²) in [4.78, 5) is 0. The van der Waals surface area contributed by atoms with Crippen LogP contribution in [0.4, 0.5) is 0 Å². The summed E-state index contributed by atoms with van der Waals surface area (Å²) >= 11 is 3.58. The highest BCUT2D eigenvalue weighted by atomic mass is 79.9. The van der Waals surface area contributed by atoms with E-state index in [0.717, 1.165) is 29.7 Å². The van der Waals surface area contributed by atoms with Gasteiger partial charge >= 0.3 is 0 Å². The topological polar surface area (TPSA) is 30.5 Å². The molecule has 0 aromatic heterocycles. The van der Waals surface area contributed by atoms with E-state index in [1.807, 2.05) is 7.05 Å². The Labute approximate surface area is 129 Å². The summed E-state index contributed by atoms with van der Waals surface area (Å²) in [6.45, 7) is 1.44. The molecule has 1 aromatic carbocycles. The van der Waals surface area contributed by atoms with E-state index in [9.17, 15) is 0 Å². The van der Waals surface area contributed by atoms with Gasteiger partial charge in [0, 0.05) is 22.5 Å². The van der Waals surface area contributed by atoms with Gasteiger partial charge in [-0.2, -0.15) is 0 Å². The van der Waals surface area contributed by atoms with Gasteiger partial charge in [-0.3, -0.25) is 0 Å². The Morgan fingerprint density at radius 2 is 2.20 bits per heavy atom. The second-order valence-electron chi connectivity index (χ2n) is 5.68. The Kier molecular flexibility index (Phi) is 4.64. The van der Waals surface area contributed by atoms with Gasteiger partial charge in [-0.15, -0.1) is 0 Å². The maximum absolute atomic E-state index is 6.19. The van der Waals surface area contributed by atoms with Crippen LogP contribution in [-0.4, -0.2) is 25.8 Å². The van der Waals surface area contributed by atoms with Gasteiger partial charge in [0.25, 0.3) is 0 Å². The molecule has 0 bridgehead atoms. The zero-order valence-corrected chi connectivity index (χ0v) is 13.5. The van der Waals surface area contributed by atoms with Crippen LogP contribution in [0.2, 0.25) is 0 Å². The van der Waals surface area contributed by atoms with Gasteiger partial charge in [-0.05, 0) is 37.6 Å². The van der Waals surface area contributed by atoms with Gasteiger partial charge in [0.05, 0.1) is 19.3 Å². The number of ether oxygens (including phenoxy) is 2. The minimum Gasteiger partial charge on any atom is -0.493 e. The number of hydrogen-bond donors (Lipinski definition) is 1. The molecule has 0 saturated heterocycles. The summed E-state index contributed by atoms with van der Waals surface area (Å²) in [5.74, 6) is 1.05. The highest BCUT2D eigenvalue weighted by Crippen LogP contribution is 2.34. The second-order valence-corrected chi connectivity index (χ2v) is 6.60. The van der Waals surface area contributed by atoms with Crippen molar-refractivity contribution in [3.05, 3.63) is 27.7 Å². The van der Waals surface area contributed by atoms with E-state index >= 15 is 0 Å². The van der Waals surface area contributed by atoms with Crippen molar-refractivity contribution < 1.29 is 9.47 Å². The number of fused-ring (bicyclic) bond motifs is 1. The maximum atomic E-state index is 6.19. The van der Waals surface area contributed by atoms with Crippen molar-refractivity contribution in [1.29, 1.82) is 0 Å². The van der Waals surface area contributed by atoms with Crippen LogP contribution < -0.4 is 10.1 Å². The second kappa shape index (κ2) is 6.46. The average molecular weight is 340 g/mol. The van der Waals surface area contributed by atoms with Crippen molar-refractivity contribution in [3.63, 3.8) is 0 Å². The average Bonchev–Trinajstić information content (AvgIpc) is 2.93. The van der Waals surface area contributed by atoms with Crippen LogP contribution in [0.25, 0.3) is 0 Å². The molecule has 2 unspecified atom stereocenters. The van der Waals surface area contributed by atoms with Gasteiger partial charge in [0.1, 0.15) is 5.75 Å². The van der Waals surface area contributed by atoms with Crippen LogP contribution in [0, 0.1) is 0 Å². The Morgan fingerprint density at radius 1 is 1.35 bits per heavy atom. The molecule has 1 heterocycles. The van der Waals surface area contributed by atoms with Gasteiger partial charge in [-0.25, -0.2) is 0 Å². The molecule has 3 rings (SSSR count). The normalized spacial score (nSPS) is 25.3. The van der Waals surface area contributed by atoms with Crippen molar-refractivity contribution in [2.24, 2.45) is 0 Å². The predicted octanol–water partition coefficient (Wildman–Crippen LogP) is 3.43. The maximum Gasteiger partial charge on any atom is 0.128 e. The lowest BCUT2D eigenvalue weighted by Crippen LogP contribution is -2.41. The van der Waals surface area contributed by atoms with E-state index < -0.39 is 0 Å². The van der Waals surface area contributed by atoms with E-state index in [-0.39, 0.29) is 0 Å². The first kappa shape index (κ1) is 14.4. The fraction of sp³-hybridized carbons (Fsp3) is 0.625. The highest BCUT2D eigenvalue weighted by molar-refractivity contribution is 9.10. The molecular formula is C16H22BrNO2. The zero-order valence-electron chi connectivity index (χ0n) is 12.0. The van der Waals surface area contributed by atoms with Gasteiger partial charge in [0.15, 0.2) is 0 Å². The third-order valence-corrected chi connectivity index (χ3v) is 4.81. The van der Waals surface area contributed by atoms with Crippen molar-refractivity contribution >= 4 is 15.9 Å². The summed E-state index contributed by atoms with van der Waals surface area (Å²) in [5.41, 5.74) is 2.47. The molecule has 1 saturated carbocycles. The fourth-order valence-electron chi connectivity index (χ4n) is 3.28. The standard InChI is InChI=1S/C16H22BrNO2/c1-18-14-4-2-3-5-15(14)20-10-12-9-13(17)8-11-6-7-19-16(11)12/h8-9,14-15,18H,2-7,10H2,1H3. The van der Waals surface area contributed by atoms with Crippen LogP contribution in [-0.2, 0) is 17.8 Å². The van der Waals surface area contributed by atoms with Gasteiger partial charge in [-0.1, -0.05) is 28.8 Å². The first-order valence-electron chi connectivity index (χ1n) is 7.51. The lowest BCUT2D eigenvalue weighted by atomic mass is 9.92. The van der Waals surface area contributed by atoms with E-state index in [4.69, 9.17) is 9.47 Å². The number of halogens is 1. The Bertz CT molecular complexity index is 478. The number of rotatable bonds is 4. The molecule has 2 atom stereocenters. The molecule has 110 valence electrons. The van der Waals surface area contributed by atoms with E-state index in [2.05, 4.69) is 33.4 Å². The molecule has 1 aliphatic heterocycles. The van der Waals surface area contributed by atoms with E-state index in [1.165, 1.54) is 30.4 Å². The first-order valence-corrected chi connectivity index (χ1v) is 8.30. The Morgan fingerprint density at radius 3 is 3.05 bits per heavy atom. The minimum absolute atomic E-state index is 0.324. The Balaban J connectivity index is 1.69. The number of benzene rings is 1. The molecular weight excluding hydrogens is 318 g/mol. The molecule has 1 aliphatic carbocycles. The number of nitrogens with one attached hydrogen (secondary N) is 1. The highest BCUT2D eigenvalue weighted by Gasteiger charge is 2.25. The Hall–Kier alpha value is -0.580. The summed E-state index contributed by atoms with van der Waals surface area (Å²) in [7, 11) is 2.03. The summed E-state index contributed by atoms with van der Waals surface area (Å²) in [6.07, 6.45) is 6.28. The lowest BCUT2D eigenvalue weighted by Gasteiger charge is -2.31. The van der Waals surface area contributed by atoms with Crippen LogP contribution in [0.15, 0.2) is 16.6 Å². The predicted molar refractivity (Wildman–Crippen MR) is 83.2 cm³/mol. The van der Waals surface area contributed by atoms with E-state index in [0.29, 0.717) is 18.8 Å². The molecule has 0 spiro atoms. The van der Waals surface area contributed by atoms with Gasteiger partial charge in [0.2, 0.25) is 0 Å². The SMILES string of the molecule is CNC1CCCCC1OCc1cc(Br)cc2c1OCC2. The molecule has 1 fully saturated rings. The molecule has 0 amide bonds. The molecule has 3 nitrogen and oxygen atoms in total. The number of hydrogen-bond acceptors (Lipinski definition) is 3. The monoisotopic (exact) mass is 339 g/mol. The van der Waals surface area contributed by atoms with Gasteiger partial charge < -0.3 is 14.8 Å². The third-order valence-electron chi connectivity index (χ3n) is 4.35. The molecule has 4 heteroatoms. The van der Waals surface area contributed by atoms with Crippen molar-refractivity contribution in [1.82, 2.24) is 5.32 Å². The summed E-state index contributed by atoms with van der Waals surface area (Å²) in [5, 5.41) is 3.39. The van der Waals surface area contributed by atoms with Crippen LogP contribution in [0.1, 0.15) is 36.8 Å². The zero-order chi connectivity index (χ0) is 13.9. The molecule has 20 heavy (non-hydrogen) atoms. The van der Waals surface area contributed by atoms with Crippen LogP contribution in [0.5, 0.6) is 5.75 Å². The van der Waals surface area contributed by atoms with Crippen molar-refractivity contribution in [2.75, 3.05) is 13.7 Å². The van der Waals surface area contributed by atoms with E-state index in [1.54, 1.807) is 0 Å². The quantitative estimate of drug-likeness (QED) is 0.911. The number of likely N-dealkylation sites (N-methyl/N-ethyl adjacent to an activating group) is 1. The smallest absolute Gasteiger partial charge is 0.128 e. The largest absolute Gasteiger partial charge is 0.493 e.